The van der Waals surface area contributed by atoms with Gasteiger partial charge in [-0.05, 0) is 0 Å². The number of benzene rings is 1. The van der Waals surface area contributed by atoms with Gasteiger partial charge in [-0.3, -0.25) is 4.79 Å². The number of ketones is 1. The summed E-state index contributed by atoms with van der Waals surface area (Å²) in [5.74, 6) is 0.884. The first-order chi connectivity index (χ1) is 7.33. The van der Waals surface area contributed by atoms with E-state index in [4.69, 9.17) is 0 Å². The van der Waals surface area contributed by atoms with E-state index in [-0.39, 0.29) is 5.78 Å². The second-order valence-corrected chi connectivity index (χ2v) is 3.26. The number of H-pyrrole nitrogens is 1. The number of carbonyl (C=O) groups excluding carboxylic acids is 1. The molecule has 0 amide bonds. The van der Waals surface area contributed by atoms with Crippen LogP contribution in [0.15, 0.2) is 36.7 Å². The van der Waals surface area contributed by atoms with E-state index in [9.17, 15) is 4.79 Å². The van der Waals surface area contributed by atoms with Crippen molar-refractivity contribution in [2.45, 2.75) is 13.3 Å². The van der Waals surface area contributed by atoms with Crippen molar-refractivity contribution in [3.05, 3.63) is 42.2 Å². The van der Waals surface area contributed by atoms with Gasteiger partial charge >= 0.3 is 0 Å². The summed E-state index contributed by atoms with van der Waals surface area (Å²) < 4.78 is 0. The molecule has 2 aromatic rings. The maximum Gasteiger partial charge on any atom is 0.163 e. The highest BCUT2D eigenvalue weighted by Gasteiger charge is 2.11. The van der Waals surface area contributed by atoms with E-state index in [1.165, 1.54) is 0 Å². The number of aromatic nitrogens is 2. The maximum absolute atomic E-state index is 11.7. The molecule has 1 N–H and O–H groups in total. The molecule has 0 aliphatic rings. The van der Waals surface area contributed by atoms with Crippen LogP contribution in [0.1, 0.15) is 23.7 Å². The molecule has 3 nitrogen and oxygen atoms in total. The number of rotatable bonds is 3. The number of hydrogen-bond acceptors (Lipinski definition) is 2. The summed E-state index contributed by atoms with van der Waals surface area (Å²) in [5, 5.41) is 0. The predicted octanol–water partition coefficient (Wildman–Crippen LogP) is 2.67. The summed E-state index contributed by atoms with van der Waals surface area (Å²) in [7, 11) is 0. The lowest BCUT2D eigenvalue weighted by Gasteiger charge is -2.04. The number of nitrogens with one attached hydrogen (secondary N) is 1. The normalized spacial score (nSPS) is 10.2. The van der Waals surface area contributed by atoms with Gasteiger partial charge < -0.3 is 4.98 Å². The van der Waals surface area contributed by atoms with Crippen LogP contribution in [0.3, 0.4) is 0 Å². The second kappa shape index (κ2) is 4.09. The van der Waals surface area contributed by atoms with Crippen LogP contribution < -0.4 is 0 Å². The van der Waals surface area contributed by atoms with Gasteiger partial charge in [-0.1, -0.05) is 31.2 Å². The predicted molar refractivity (Wildman–Crippen MR) is 58.6 cm³/mol. The third-order valence-corrected chi connectivity index (χ3v) is 2.30. The topological polar surface area (TPSA) is 45.8 Å². The van der Waals surface area contributed by atoms with Gasteiger partial charge in [0.25, 0.3) is 0 Å². The van der Waals surface area contributed by atoms with Crippen LogP contribution in [0.4, 0.5) is 0 Å². The Morgan fingerprint density at radius 1 is 1.40 bits per heavy atom. The molecule has 0 saturated carbocycles. The lowest BCUT2D eigenvalue weighted by Crippen LogP contribution is -1.99. The van der Waals surface area contributed by atoms with E-state index < -0.39 is 0 Å². The summed E-state index contributed by atoms with van der Waals surface area (Å²) in [4.78, 5) is 18.9. The largest absolute Gasteiger partial charge is 0.345 e. The van der Waals surface area contributed by atoms with Crippen molar-refractivity contribution in [3.8, 4) is 11.4 Å². The van der Waals surface area contributed by atoms with E-state index in [1.807, 2.05) is 31.2 Å². The van der Waals surface area contributed by atoms with Crippen LogP contribution in [0.25, 0.3) is 11.4 Å². The van der Waals surface area contributed by atoms with Gasteiger partial charge in [-0.2, -0.15) is 0 Å². The minimum atomic E-state index is 0.141. The highest BCUT2D eigenvalue weighted by molar-refractivity contribution is 6.01. The zero-order valence-electron chi connectivity index (χ0n) is 8.53. The van der Waals surface area contributed by atoms with E-state index in [0.717, 1.165) is 17.0 Å². The Bertz CT molecular complexity index is 460. The zero-order valence-corrected chi connectivity index (χ0v) is 8.53. The summed E-state index contributed by atoms with van der Waals surface area (Å²) >= 11 is 0. The summed E-state index contributed by atoms with van der Waals surface area (Å²) in [6.45, 7) is 1.86. The first kappa shape index (κ1) is 9.65. The van der Waals surface area contributed by atoms with Crippen molar-refractivity contribution in [2.24, 2.45) is 0 Å². The smallest absolute Gasteiger partial charge is 0.163 e. The molecular weight excluding hydrogens is 188 g/mol. The van der Waals surface area contributed by atoms with Crippen LogP contribution in [0.5, 0.6) is 0 Å². The molecule has 0 spiro atoms. The number of hydrogen-bond donors (Lipinski definition) is 1. The molecule has 0 aliphatic heterocycles. The Hall–Kier alpha value is -1.90. The number of Topliss-reactive ketones (excluding diaryl/α,β-unsaturated/α-hetero) is 1. The Balaban J connectivity index is 2.52. The average Bonchev–Trinajstić information content (AvgIpc) is 2.81. The number of imidazole rings is 1. The monoisotopic (exact) mass is 200 g/mol. The molecule has 0 radical (unpaired) electrons. The van der Waals surface area contributed by atoms with Crippen LogP contribution in [0.2, 0.25) is 0 Å². The number of carbonyl (C=O) groups is 1. The number of aromatic amines is 1. The van der Waals surface area contributed by atoms with Crippen molar-refractivity contribution in [2.75, 3.05) is 0 Å². The fourth-order valence-electron chi connectivity index (χ4n) is 1.54. The highest BCUT2D eigenvalue weighted by Crippen LogP contribution is 2.20. The van der Waals surface area contributed by atoms with E-state index >= 15 is 0 Å². The van der Waals surface area contributed by atoms with Crippen LogP contribution in [-0.4, -0.2) is 15.8 Å². The molecule has 0 fully saturated rings. The molecule has 2 rings (SSSR count). The molecule has 0 bridgehead atoms. The minimum absolute atomic E-state index is 0.141. The molecule has 0 saturated heterocycles. The van der Waals surface area contributed by atoms with E-state index in [0.29, 0.717) is 6.42 Å². The molecule has 1 aromatic heterocycles. The first-order valence-corrected chi connectivity index (χ1v) is 4.95. The highest BCUT2D eigenvalue weighted by atomic mass is 16.1. The molecule has 0 atom stereocenters. The lowest BCUT2D eigenvalue weighted by molar-refractivity contribution is 0.0988. The van der Waals surface area contributed by atoms with Gasteiger partial charge in [-0.25, -0.2) is 4.98 Å². The summed E-state index contributed by atoms with van der Waals surface area (Å²) in [5.41, 5.74) is 1.60. The van der Waals surface area contributed by atoms with Crippen molar-refractivity contribution in [3.63, 3.8) is 0 Å². The Labute approximate surface area is 88.2 Å². The minimum Gasteiger partial charge on any atom is -0.345 e. The molecule has 0 aliphatic carbocycles. The Kier molecular flexibility index (Phi) is 2.63. The van der Waals surface area contributed by atoms with Crippen molar-refractivity contribution in [1.82, 2.24) is 9.97 Å². The fourth-order valence-corrected chi connectivity index (χ4v) is 1.54. The molecule has 15 heavy (non-hydrogen) atoms. The van der Waals surface area contributed by atoms with Crippen molar-refractivity contribution < 1.29 is 4.79 Å². The van der Waals surface area contributed by atoms with Gasteiger partial charge in [0, 0.05) is 29.9 Å². The van der Waals surface area contributed by atoms with Crippen molar-refractivity contribution >= 4 is 5.78 Å². The Morgan fingerprint density at radius 3 is 2.87 bits per heavy atom. The van der Waals surface area contributed by atoms with Gasteiger partial charge in [0.15, 0.2) is 5.78 Å². The summed E-state index contributed by atoms with van der Waals surface area (Å²) in [6.07, 6.45) is 3.95. The standard InChI is InChI=1S/C12H12N2O/c1-2-11(15)9-5-3-4-6-10(9)12-13-7-8-14-12/h3-8H,2H2,1H3,(H,13,14). The summed E-state index contributed by atoms with van der Waals surface area (Å²) in [6, 6.07) is 7.52. The SMILES string of the molecule is CCC(=O)c1ccccc1-c1ncc[nH]1. The molecule has 3 heteroatoms. The zero-order chi connectivity index (χ0) is 10.7. The fraction of sp³-hybridized carbons (Fsp3) is 0.167. The number of nitrogens with zero attached hydrogens (tertiary/aromatic N) is 1. The maximum atomic E-state index is 11.7. The van der Waals surface area contributed by atoms with Gasteiger partial charge in [0.05, 0.1) is 0 Å². The molecule has 1 heterocycles. The van der Waals surface area contributed by atoms with Crippen LogP contribution in [-0.2, 0) is 0 Å². The first-order valence-electron chi connectivity index (χ1n) is 4.95. The van der Waals surface area contributed by atoms with E-state index in [2.05, 4.69) is 9.97 Å². The van der Waals surface area contributed by atoms with Gasteiger partial charge in [-0.15, -0.1) is 0 Å². The van der Waals surface area contributed by atoms with Gasteiger partial charge in [0.2, 0.25) is 0 Å². The third kappa shape index (κ3) is 1.81. The Morgan fingerprint density at radius 2 is 2.20 bits per heavy atom. The van der Waals surface area contributed by atoms with Crippen LogP contribution in [0, 0.1) is 0 Å². The van der Waals surface area contributed by atoms with E-state index in [1.54, 1.807) is 12.4 Å². The quantitative estimate of drug-likeness (QED) is 0.774. The lowest BCUT2D eigenvalue weighted by atomic mass is 10.0. The van der Waals surface area contributed by atoms with Crippen molar-refractivity contribution in [1.29, 1.82) is 0 Å². The second-order valence-electron chi connectivity index (χ2n) is 3.26. The molecular formula is C12H12N2O. The van der Waals surface area contributed by atoms with Crippen LogP contribution >= 0.6 is 0 Å². The van der Waals surface area contributed by atoms with Gasteiger partial charge in [0.1, 0.15) is 5.82 Å². The molecule has 0 unspecified atom stereocenters. The third-order valence-electron chi connectivity index (χ3n) is 2.30. The average molecular weight is 200 g/mol. The molecule has 1 aromatic carbocycles. The molecule has 76 valence electrons.